The van der Waals surface area contributed by atoms with Crippen molar-refractivity contribution < 1.29 is 27.4 Å². The summed E-state index contributed by atoms with van der Waals surface area (Å²) in [6.45, 7) is 0.471. The number of fused-ring (bicyclic) bond motifs is 1. The second kappa shape index (κ2) is 8.85. The number of rotatable bonds is 5. The van der Waals surface area contributed by atoms with Gasteiger partial charge in [0.25, 0.3) is 0 Å². The number of ether oxygens (including phenoxy) is 2. The summed E-state index contributed by atoms with van der Waals surface area (Å²) in [6.07, 6.45) is -4.13. The van der Waals surface area contributed by atoms with Gasteiger partial charge in [0.15, 0.2) is 11.7 Å². The van der Waals surface area contributed by atoms with Crippen molar-refractivity contribution in [1.82, 2.24) is 10.3 Å². The number of alkyl halides is 3. The zero-order valence-electron chi connectivity index (χ0n) is 13.5. The standard InChI is InChI=1S/C15H16F3N3O3S.ClH/c16-15(17,18)8-24-10-1-2-11-12(6-10)25-14(20-11)21-13(22)5-9-7-23-4-3-19-9;/h1-2,6,9,19H,3-5,7-8H2,(H,20,21,22);1H. The van der Waals surface area contributed by atoms with Crippen molar-refractivity contribution in [2.24, 2.45) is 0 Å². The molecule has 1 amide bonds. The highest BCUT2D eigenvalue weighted by molar-refractivity contribution is 7.22. The SMILES string of the molecule is Cl.O=C(CC1COCCN1)Nc1nc2ccc(OCC(F)(F)F)cc2s1. The van der Waals surface area contributed by atoms with Crippen LogP contribution in [0.4, 0.5) is 18.3 Å². The van der Waals surface area contributed by atoms with Crippen molar-refractivity contribution >= 4 is 45.0 Å². The van der Waals surface area contributed by atoms with Gasteiger partial charge in [0.2, 0.25) is 5.91 Å². The average molecular weight is 412 g/mol. The maximum absolute atomic E-state index is 12.2. The maximum atomic E-state index is 12.2. The van der Waals surface area contributed by atoms with Gasteiger partial charge in [0.1, 0.15) is 5.75 Å². The summed E-state index contributed by atoms with van der Waals surface area (Å²) in [5.41, 5.74) is 0.582. The quantitative estimate of drug-likeness (QED) is 0.791. The molecule has 1 aromatic carbocycles. The molecule has 1 atom stereocenters. The molecule has 3 rings (SSSR count). The van der Waals surface area contributed by atoms with E-state index in [4.69, 9.17) is 9.47 Å². The first-order valence-electron chi connectivity index (χ1n) is 7.60. The predicted octanol–water partition coefficient (Wildman–Crippen LogP) is 2.98. The number of carbonyl (C=O) groups excluding carboxylic acids is 1. The summed E-state index contributed by atoms with van der Waals surface area (Å²) in [6, 6.07) is 4.42. The van der Waals surface area contributed by atoms with Gasteiger partial charge in [-0.05, 0) is 18.2 Å². The van der Waals surface area contributed by atoms with Crippen LogP contribution in [0.3, 0.4) is 0 Å². The van der Waals surface area contributed by atoms with Gasteiger partial charge in [-0.25, -0.2) is 4.98 Å². The number of nitrogens with one attached hydrogen (secondary N) is 2. The Morgan fingerprint density at radius 1 is 1.46 bits per heavy atom. The fraction of sp³-hybridized carbons (Fsp3) is 0.467. The van der Waals surface area contributed by atoms with Gasteiger partial charge in [-0.15, -0.1) is 12.4 Å². The third-order valence-electron chi connectivity index (χ3n) is 3.44. The number of nitrogens with zero attached hydrogens (tertiary/aromatic N) is 1. The van der Waals surface area contributed by atoms with E-state index in [1.54, 1.807) is 6.07 Å². The van der Waals surface area contributed by atoms with Crippen LogP contribution < -0.4 is 15.4 Å². The van der Waals surface area contributed by atoms with Crippen LogP contribution in [-0.4, -0.2) is 49.5 Å². The summed E-state index contributed by atoms with van der Waals surface area (Å²) >= 11 is 1.18. The minimum atomic E-state index is -4.39. The van der Waals surface area contributed by atoms with Crippen LogP contribution in [0.2, 0.25) is 0 Å². The number of amides is 1. The highest BCUT2D eigenvalue weighted by atomic mass is 35.5. The Morgan fingerprint density at radius 2 is 2.27 bits per heavy atom. The Kier molecular flexibility index (Phi) is 7.04. The van der Waals surface area contributed by atoms with Gasteiger partial charge in [0, 0.05) is 19.0 Å². The van der Waals surface area contributed by atoms with E-state index in [1.807, 2.05) is 0 Å². The Bertz CT molecular complexity index is 751. The minimum absolute atomic E-state index is 0. The van der Waals surface area contributed by atoms with Crippen LogP contribution in [0.15, 0.2) is 18.2 Å². The number of hydrogen-bond acceptors (Lipinski definition) is 6. The van der Waals surface area contributed by atoms with Crippen molar-refractivity contribution in [2.75, 3.05) is 31.7 Å². The molecule has 1 aliphatic heterocycles. The van der Waals surface area contributed by atoms with E-state index in [2.05, 4.69) is 15.6 Å². The molecular weight excluding hydrogens is 395 g/mol. The number of hydrogen-bond donors (Lipinski definition) is 2. The number of carbonyl (C=O) groups is 1. The van der Waals surface area contributed by atoms with Gasteiger partial charge >= 0.3 is 6.18 Å². The lowest BCUT2D eigenvalue weighted by atomic mass is 10.2. The van der Waals surface area contributed by atoms with E-state index in [1.165, 1.54) is 23.5 Å². The molecular formula is C15H17ClF3N3O3S. The molecule has 2 aromatic rings. The van der Waals surface area contributed by atoms with Gasteiger partial charge in [-0.3, -0.25) is 4.79 Å². The number of anilines is 1. The summed E-state index contributed by atoms with van der Waals surface area (Å²) < 4.78 is 47.2. The van der Waals surface area contributed by atoms with E-state index < -0.39 is 12.8 Å². The molecule has 0 spiro atoms. The monoisotopic (exact) mass is 411 g/mol. The number of benzene rings is 1. The molecule has 2 N–H and O–H groups in total. The molecule has 1 saturated heterocycles. The first kappa shape index (κ1) is 20.7. The largest absolute Gasteiger partial charge is 0.484 e. The zero-order valence-corrected chi connectivity index (χ0v) is 15.1. The number of thiazole rings is 1. The molecule has 0 bridgehead atoms. The zero-order chi connectivity index (χ0) is 17.9. The van der Waals surface area contributed by atoms with Crippen molar-refractivity contribution in [3.8, 4) is 5.75 Å². The van der Waals surface area contributed by atoms with Gasteiger partial charge < -0.3 is 20.1 Å². The van der Waals surface area contributed by atoms with Crippen molar-refractivity contribution in [3.05, 3.63) is 18.2 Å². The lowest BCUT2D eigenvalue weighted by Crippen LogP contribution is -2.43. The summed E-state index contributed by atoms with van der Waals surface area (Å²) in [5.74, 6) is -0.0921. The summed E-state index contributed by atoms with van der Waals surface area (Å²) in [7, 11) is 0. The molecule has 1 fully saturated rings. The van der Waals surface area contributed by atoms with Crippen LogP contribution in [-0.2, 0) is 9.53 Å². The van der Waals surface area contributed by atoms with E-state index in [0.717, 1.165) is 0 Å². The third kappa shape index (κ3) is 5.97. The Hall–Kier alpha value is -1.62. The molecule has 26 heavy (non-hydrogen) atoms. The second-order valence-corrected chi connectivity index (χ2v) is 6.56. The molecule has 1 aliphatic rings. The van der Waals surface area contributed by atoms with Crippen molar-refractivity contribution in [2.45, 2.75) is 18.6 Å². The number of halogens is 4. The van der Waals surface area contributed by atoms with E-state index in [-0.39, 0.29) is 36.5 Å². The molecule has 1 unspecified atom stereocenters. The first-order valence-corrected chi connectivity index (χ1v) is 8.42. The smallest absolute Gasteiger partial charge is 0.422 e. The van der Waals surface area contributed by atoms with Gasteiger partial charge in [-0.1, -0.05) is 11.3 Å². The summed E-state index contributed by atoms with van der Waals surface area (Å²) in [5, 5.41) is 6.28. The lowest BCUT2D eigenvalue weighted by molar-refractivity contribution is -0.153. The topological polar surface area (TPSA) is 72.5 Å². The Labute approximate surface area is 157 Å². The highest BCUT2D eigenvalue weighted by Crippen LogP contribution is 2.30. The Balaban J connectivity index is 0.00000243. The molecule has 0 saturated carbocycles. The van der Waals surface area contributed by atoms with E-state index in [9.17, 15) is 18.0 Å². The van der Waals surface area contributed by atoms with Crippen LogP contribution in [0.25, 0.3) is 10.2 Å². The predicted molar refractivity (Wildman–Crippen MR) is 94.3 cm³/mol. The highest BCUT2D eigenvalue weighted by Gasteiger charge is 2.28. The fourth-order valence-corrected chi connectivity index (χ4v) is 3.27. The van der Waals surface area contributed by atoms with Crippen LogP contribution in [0, 0.1) is 0 Å². The van der Waals surface area contributed by atoms with Crippen LogP contribution in [0.5, 0.6) is 5.75 Å². The maximum Gasteiger partial charge on any atom is 0.422 e. The van der Waals surface area contributed by atoms with Crippen LogP contribution >= 0.6 is 23.7 Å². The van der Waals surface area contributed by atoms with Crippen molar-refractivity contribution in [1.29, 1.82) is 0 Å². The van der Waals surface area contributed by atoms with Crippen LogP contribution in [0.1, 0.15) is 6.42 Å². The van der Waals surface area contributed by atoms with Gasteiger partial charge in [0.05, 0.1) is 23.4 Å². The fourth-order valence-electron chi connectivity index (χ4n) is 2.36. The normalized spacial score (nSPS) is 17.6. The Morgan fingerprint density at radius 3 is 2.96 bits per heavy atom. The van der Waals surface area contributed by atoms with Gasteiger partial charge in [-0.2, -0.15) is 13.2 Å². The second-order valence-electron chi connectivity index (χ2n) is 5.53. The minimum Gasteiger partial charge on any atom is -0.484 e. The van der Waals surface area contributed by atoms with Crippen molar-refractivity contribution in [3.63, 3.8) is 0 Å². The molecule has 2 heterocycles. The first-order chi connectivity index (χ1) is 11.9. The van der Waals surface area contributed by atoms with E-state index >= 15 is 0 Å². The molecule has 11 heteroatoms. The summed E-state index contributed by atoms with van der Waals surface area (Å²) in [4.78, 5) is 16.3. The molecule has 0 radical (unpaired) electrons. The number of morpholine rings is 1. The molecule has 144 valence electrons. The third-order valence-corrected chi connectivity index (χ3v) is 4.37. The lowest BCUT2D eigenvalue weighted by Gasteiger charge is -2.22. The average Bonchev–Trinajstić information content (AvgIpc) is 2.94. The molecule has 6 nitrogen and oxygen atoms in total. The molecule has 0 aliphatic carbocycles. The van der Waals surface area contributed by atoms with E-state index in [0.29, 0.717) is 35.1 Å². The molecule has 1 aromatic heterocycles. The number of aromatic nitrogens is 1.